The topological polar surface area (TPSA) is 96.9 Å². The van der Waals surface area contributed by atoms with Gasteiger partial charge in [-0.05, 0) is 33.1 Å². The number of ether oxygens (including phenoxy) is 2. The fraction of sp³-hybridized carbons (Fsp3) is 0.846. The van der Waals surface area contributed by atoms with Gasteiger partial charge in [0.15, 0.2) is 6.10 Å². The number of hydrogen-bond acceptors (Lipinski definition) is 4. The van der Waals surface area contributed by atoms with E-state index >= 15 is 0 Å². The third-order valence-electron chi connectivity index (χ3n) is 4.16. The summed E-state index contributed by atoms with van der Waals surface area (Å²) in [6.45, 7) is 4.85. The van der Waals surface area contributed by atoms with Gasteiger partial charge in [0, 0.05) is 13.2 Å². The van der Waals surface area contributed by atoms with E-state index < -0.39 is 12.1 Å². The zero-order chi connectivity index (χ0) is 14.8. The summed E-state index contributed by atoms with van der Waals surface area (Å²) in [5.41, 5.74) is -0.357. The molecule has 0 aromatic carbocycles. The summed E-state index contributed by atoms with van der Waals surface area (Å²) in [6, 6.07) is -0.271. The number of rotatable bonds is 4. The highest BCUT2D eigenvalue weighted by Gasteiger charge is 2.38. The van der Waals surface area contributed by atoms with E-state index in [0.717, 1.165) is 6.42 Å². The highest BCUT2D eigenvalue weighted by Crippen LogP contribution is 2.25. The van der Waals surface area contributed by atoms with Crippen molar-refractivity contribution < 1.29 is 24.2 Å². The van der Waals surface area contributed by atoms with Crippen LogP contribution in [0.25, 0.3) is 0 Å². The van der Waals surface area contributed by atoms with Crippen molar-refractivity contribution in [3.05, 3.63) is 0 Å². The monoisotopic (exact) mass is 286 g/mol. The first-order chi connectivity index (χ1) is 9.40. The quantitative estimate of drug-likeness (QED) is 0.698. The predicted molar refractivity (Wildman–Crippen MR) is 70.5 cm³/mol. The molecule has 2 amide bonds. The second-order valence-corrected chi connectivity index (χ2v) is 5.68. The zero-order valence-electron chi connectivity index (χ0n) is 11.8. The molecule has 2 rings (SSSR count). The first-order valence-corrected chi connectivity index (χ1v) is 6.96. The molecule has 0 aliphatic carbocycles. The number of amides is 2. The maximum absolute atomic E-state index is 11.9. The highest BCUT2D eigenvalue weighted by molar-refractivity contribution is 5.75. The average molecular weight is 286 g/mol. The zero-order valence-corrected chi connectivity index (χ0v) is 11.8. The molecule has 0 bridgehead atoms. The van der Waals surface area contributed by atoms with Gasteiger partial charge in [-0.3, -0.25) is 0 Å². The molecule has 3 N–H and O–H groups in total. The summed E-state index contributed by atoms with van der Waals surface area (Å²) >= 11 is 0. The largest absolute Gasteiger partial charge is 0.479 e. The van der Waals surface area contributed by atoms with E-state index in [1.807, 2.05) is 13.8 Å². The van der Waals surface area contributed by atoms with Crippen LogP contribution in [-0.4, -0.2) is 54.1 Å². The molecule has 2 aliphatic rings. The molecule has 7 heteroatoms. The molecule has 2 saturated heterocycles. The van der Waals surface area contributed by atoms with Crippen LogP contribution in [0.2, 0.25) is 0 Å². The maximum atomic E-state index is 11.9. The Bertz CT molecular complexity index is 389. The van der Waals surface area contributed by atoms with Crippen LogP contribution < -0.4 is 10.6 Å². The minimum Gasteiger partial charge on any atom is -0.479 e. The number of carbonyl (C=O) groups is 2. The summed E-state index contributed by atoms with van der Waals surface area (Å²) in [5.74, 6) is -0.943. The van der Waals surface area contributed by atoms with Gasteiger partial charge in [-0.15, -0.1) is 0 Å². The lowest BCUT2D eigenvalue weighted by atomic mass is 9.95. The normalized spacial score (nSPS) is 36.8. The van der Waals surface area contributed by atoms with Gasteiger partial charge in [-0.1, -0.05) is 0 Å². The number of carboxylic acid groups (broad SMARTS) is 1. The predicted octanol–water partition coefficient (Wildman–Crippen LogP) is 0.485. The standard InChI is InChI=1S/C13H22N2O5/c1-8-13(2,5-6-19-8)15-12(18)14-7-9-3-4-10(20-9)11(16)17/h8-10H,3-7H2,1-2H3,(H,16,17)(H2,14,15,18). The fourth-order valence-electron chi connectivity index (χ4n) is 2.55. The molecule has 2 fully saturated rings. The highest BCUT2D eigenvalue weighted by atomic mass is 16.5. The number of carbonyl (C=O) groups excluding carboxylic acids is 1. The van der Waals surface area contributed by atoms with E-state index in [0.29, 0.717) is 26.0 Å². The second kappa shape index (κ2) is 5.97. The molecular formula is C13H22N2O5. The minimum absolute atomic E-state index is 0.0210. The third kappa shape index (κ3) is 3.40. The van der Waals surface area contributed by atoms with Gasteiger partial charge in [0.1, 0.15) is 0 Å². The van der Waals surface area contributed by atoms with Crippen LogP contribution in [0, 0.1) is 0 Å². The van der Waals surface area contributed by atoms with Crippen molar-refractivity contribution >= 4 is 12.0 Å². The Morgan fingerprint density at radius 1 is 1.40 bits per heavy atom. The van der Waals surface area contributed by atoms with Crippen LogP contribution in [0.1, 0.15) is 33.1 Å². The van der Waals surface area contributed by atoms with Gasteiger partial charge >= 0.3 is 12.0 Å². The molecule has 4 unspecified atom stereocenters. The number of carboxylic acids is 1. The van der Waals surface area contributed by atoms with Gasteiger partial charge in [-0.25, -0.2) is 9.59 Å². The number of hydrogen-bond donors (Lipinski definition) is 3. The van der Waals surface area contributed by atoms with Crippen LogP contribution in [0.5, 0.6) is 0 Å². The Morgan fingerprint density at radius 2 is 2.15 bits per heavy atom. The second-order valence-electron chi connectivity index (χ2n) is 5.68. The van der Waals surface area contributed by atoms with Crippen LogP contribution in [0.15, 0.2) is 0 Å². The average Bonchev–Trinajstić information content (AvgIpc) is 2.95. The summed E-state index contributed by atoms with van der Waals surface area (Å²) in [7, 11) is 0. The molecule has 7 nitrogen and oxygen atoms in total. The molecule has 0 saturated carbocycles. The van der Waals surface area contributed by atoms with E-state index in [1.165, 1.54) is 0 Å². The lowest BCUT2D eigenvalue weighted by Gasteiger charge is -2.29. The third-order valence-corrected chi connectivity index (χ3v) is 4.16. The Morgan fingerprint density at radius 3 is 2.70 bits per heavy atom. The van der Waals surface area contributed by atoms with Crippen LogP contribution in [-0.2, 0) is 14.3 Å². The summed E-state index contributed by atoms with van der Waals surface area (Å²) in [6.07, 6.45) is 0.924. The minimum atomic E-state index is -0.943. The summed E-state index contributed by atoms with van der Waals surface area (Å²) < 4.78 is 10.8. The van der Waals surface area contributed by atoms with E-state index in [1.54, 1.807) is 0 Å². The Hall–Kier alpha value is -1.34. The molecule has 0 aromatic heterocycles. The lowest BCUT2D eigenvalue weighted by molar-refractivity contribution is -0.149. The molecule has 2 heterocycles. The first-order valence-electron chi connectivity index (χ1n) is 6.96. The van der Waals surface area contributed by atoms with E-state index in [4.69, 9.17) is 14.6 Å². The molecule has 20 heavy (non-hydrogen) atoms. The van der Waals surface area contributed by atoms with Gasteiger partial charge in [0.2, 0.25) is 0 Å². The van der Waals surface area contributed by atoms with Gasteiger partial charge in [0.25, 0.3) is 0 Å². The molecule has 114 valence electrons. The maximum Gasteiger partial charge on any atom is 0.332 e. The first kappa shape index (κ1) is 15.1. The fourth-order valence-corrected chi connectivity index (χ4v) is 2.55. The molecule has 0 aromatic rings. The molecule has 2 aliphatic heterocycles. The van der Waals surface area contributed by atoms with Crippen molar-refractivity contribution in [2.45, 2.75) is 57.0 Å². The lowest BCUT2D eigenvalue weighted by Crippen LogP contribution is -2.54. The van der Waals surface area contributed by atoms with Gasteiger partial charge < -0.3 is 25.2 Å². The Balaban J connectivity index is 1.72. The number of urea groups is 1. The molecule has 0 radical (unpaired) electrons. The Kier molecular flexibility index (Phi) is 4.49. The van der Waals surface area contributed by atoms with Crippen molar-refractivity contribution in [2.75, 3.05) is 13.2 Å². The molecular weight excluding hydrogens is 264 g/mol. The van der Waals surface area contributed by atoms with Crippen molar-refractivity contribution in [1.82, 2.24) is 10.6 Å². The van der Waals surface area contributed by atoms with Crippen molar-refractivity contribution in [2.24, 2.45) is 0 Å². The van der Waals surface area contributed by atoms with E-state index in [2.05, 4.69) is 10.6 Å². The summed E-state index contributed by atoms with van der Waals surface area (Å²) in [4.78, 5) is 22.6. The van der Waals surface area contributed by atoms with E-state index in [-0.39, 0.29) is 23.8 Å². The van der Waals surface area contributed by atoms with Crippen LogP contribution in [0.3, 0.4) is 0 Å². The number of aliphatic carboxylic acids is 1. The Labute approximate surface area is 118 Å². The van der Waals surface area contributed by atoms with Gasteiger partial charge in [0.05, 0.1) is 17.7 Å². The van der Waals surface area contributed by atoms with Gasteiger partial charge in [-0.2, -0.15) is 0 Å². The van der Waals surface area contributed by atoms with Crippen molar-refractivity contribution in [3.8, 4) is 0 Å². The van der Waals surface area contributed by atoms with E-state index in [9.17, 15) is 9.59 Å². The van der Waals surface area contributed by atoms with Crippen LogP contribution in [0.4, 0.5) is 4.79 Å². The smallest absolute Gasteiger partial charge is 0.332 e. The summed E-state index contributed by atoms with van der Waals surface area (Å²) in [5, 5.41) is 14.5. The SMILES string of the molecule is CC1OCCC1(C)NC(=O)NCC1CCC(C(=O)O)O1. The molecule has 4 atom stereocenters. The number of nitrogens with one attached hydrogen (secondary N) is 2. The van der Waals surface area contributed by atoms with Crippen LogP contribution >= 0.6 is 0 Å². The van der Waals surface area contributed by atoms with Crippen molar-refractivity contribution in [1.29, 1.82) is 0 Å². The molecule has 0 spiro atoms. The van der Waals surface area contributed by atoms with Crippen molar-refractivity contribution in [3.63, 3.8) is 0 Å².